The standard InChI is InChI=1S/C10H15N3O2/c11-5-7-2-1-3-9(12)10(7,13)4-8(15)6-14/h1-3,7-8,14-15H,4,6,12-13H2. The van der Waals surface area contributed by atoms with Crippen molar-refractivity contribution >= 4 is 0 Å². The monoisotopic (exact) mass is 209 g/mol. The smallest absolute Gasteiger partial charge is 0.0883 e. The van der Waals surface area contributed by atoms with Crippen molar-refractivity contribution in [1.82, 2.24) is 0 Å². The van der Waals surface area contributed by atoms with Gasteiger partial charge in [0.15, 0.2) is 0 Å². The molecule has 6 N–H and O–H groups in total. The molecule has 1 rings (SSSR count). The molecule has 5 heteroatoms. The number of aliphatic hydroxyl groups excluding tert-OH is 2. The van der Waals surface area contributed by atoms with Crippen LogP contribution in [0.1, 0.15) is 6.42 Å². The molecule has 0 radical (unpaired) electrons. The van der Waals surface area contributed by atoms with Crippen molar-refractivity contribution in [2.24, 2.45) is 17.4 Å². The predicted octanol–water partition coefficient (Wildman–Crippen LogP) is -1.02. The second kappa shape index (κ2) is 4.45. The molecule has 82 valence electrons. The van der Waals surface area contributed by atoms with Gasteiger partial charge in [0.2, 0.25) is 0 Å². The van der Waals surface area contributed by atoms with Crippen LogP contribution >= 0.6 is 0 Å². The SMILES string of the molecule is N#CC1C=CC=C(N)C1(N)CC(O)CO. The number of nitrogens with zero attached hydrogens (tertiary/aromatic N) is 1. The van der Waals surface area contributed by atoms with Crippen LogP contribution in [0.2, 0.25) is 0 Å². The summed E-state index contributed by atoms with van der Waals surface area (Å²) in [5.41, 5.74) is 11.0. The molecule has 15 heavy (non-hydrogen) atoms. The summed E-state index contributed by atoms with van der Waals surface area (Å²) < 4.78 is 0. The molecule has 0 aliphatic heterocycles. The van der Waals surface area contributed by atoms with Gasteiger partial charge in [0, 0.05) is 12.1 Å². The lowest BCUT2D eigenvalue weighted by molar-refractivity contribution is 0.0692. The third-order valence-electron chi connectivity index (χ3n) is 2.59. The highest BCUT2D eigenvalue weighted by atomic mass is 16.3. The van der Waals surface area contributed by atoms with Gasteiger partial charge in [-0.15, -0.1) is 0 Å². The van der Waals surface area contributed by atoms with E-state index in [1.165, 1.54) is 0 Å². The van der Waals surface area contributed by atoms with E-state index in [9.17, 15) is 5.11 Å². The zero-order chi connectivity index (χ0) is 11.5. The number of nitriles is 1. The molecule has 0 aromatic carbocycles. The van der Waals surface area contributed by atoms with Gasteiger partial charge >= 0.3 is 0 Å². The molecule has 0 amide bonds. The molecule has 0 fully saturated rings. The highest BCUT2D eigenvalue weighted by Crippen LogP contribution is 2.29. The van der Waals surface area contributed by atoms with E-state index in [0.29, 0.717) is 5.70 Å². The van der Waals surface area contributed by atoms with Gasteiger partial charge in [-0.05, 0) is 6.08 Å². The molecule has 3 unspecified atom stereocenters. The van der Waals surface area contributed by atoms with Crippen molar-refractivity contribution in [2.45, 2.75) is 18.1 Å². The number of allylic oxidation sites excluding steroid dienone is 2. The lowest BCUT2D eigenvalue weighted by Crippen LogP contribution is -2.53. The third kappa shape index (κ3) is 2.18. The van der Waals surface area contributed by atoms with Crippen molar-refractivity contribution < 1.29 is 10.2 Å². The highest BCUT2D eigenvalue weighted by molar-refractivity contribution is 5.34. The van der Waals surface area contributed by atoms with Gasteiger partial charge in [-0.25, -0.2) is 0 Å². The van der Waals surface area contributed by atoms with Crippen molar-refractivity contribution in [3.63, 3.8) is 0 Å². The van der Waals surface area contributed by atoms with E-state index >= 15 is 0 Å². The average molecular weight is 209 g/mol. The van der Waals surface area contributed by atoms with Gasteiger partial charge in [0.1, 0.15) is 0 Å². The summed E-state index contributed by atoms with van der Waals surface area (Å²) in [6.45, 7) is -0.395. The topological polar surface area (TPSA) is 116 Å². The molecule has 0 aromatic rings. The van der Waals surface area contributed by atoms with Crippen LogP contribution in [0.5, 0.6) is 0 Å². The third-order valence-corrected chi connectivity index (χ3v) is 2.59. The van der Waals surface area contributed by atoms with Crippen LogP contribution in [0.25, 0.3) is 0 Å². The zero-order valence-electron chi connectivity index (χ0n) is 8.30. The Morgan fingerprint density at radius 2 is 2.33 bits per heavy atom. The summed E-state index contributed by atoms with van der Waals surface area (Å²) in [4.78, 5) is 0. The van der Waals surface area contributed by atoms with Crippen molar-refractivity contribution in [3.8, 4) is 6.07 Å². The Labute approximate surface area is 88.3 Å². The largest absolute Gasteiger partial charge is 0.400 e. The van der Waals surface area contributed by atoms with Crippen LogP contribution in [0.15, 0.2) is 23.9 Å². The molecular weight excluding hydrogens is 194 g/mol. The normalized spacial score (nSPS) is 31.9. The summed E-state index contributed by atoms with van der Waals surface area (Å²) in [7, 11) is 0. The maximum atomic E-state index is 9.36. The molecule has 1 aliphatic carbocycles. The molecular formula is C10H15N3O2. The predicted molar refractivity (Wildman–Crippen MR) is 55.1 cm³/mol. The second-order valence-corrected chi connectivity index (χ2v) is 3.69. The minimum absolute atomic E-state index is 0.0639. The Hall–Kier alpha value is -1.35. The quantitative estimate of drug-likeness (QED) is 0.474. The van der Waals surface area contributed by atoms with Crippen molar-refractivity contribution in [2.75, 3.05) is 6.61 Å². The Kier molecular flexibility index (Phi) is 3.48. The average Bonchev–Trinajstić information content (AvgIpc) is 2.22. The lowest BCUT2D eigenvalue weighted by atomic mass is 9.76. The van der Waals surface area contributed by atoms with Gasteiger partial charge in [0.25, 0.3) is 0 Å². The fourth-order valence-electron chi connectivity index (χ4n) is 1.63. The number of rotatable bonds is 3. The van der Waals surface area contributed by atoms with Gasteiger partial charge in [-0.2, -0.15) is 5.26 Å². The van der Waals surface area contributed by atoms with Gasteiger partial charge in [0.05, 0.1) is 30.2 Å². The first-order valence-corrected chi connectivity index (χ1v) is 4.66. The van der Waals surface area contributed by atoms with Crippen LogP contribution in [-0.4, -0.2) is 28.5 Å². The van der Waals surface area contributed by atoms with E-state index in [1.807, 2.05) is 6.07 Å². The number of aliphatic hydroxyl groups is 2. The van der Waals surface area contributed by atoms with E-state index in [4.69, 9.17) is 21.8 Å². The fourth-order valence-corrected chi connectivity index (χ4v) is 1.63. The van der Waals surface area contributed by atoms with Crippen LogP contribution in [0.3, 0.4) is 0 Å². The van der Waals surface area contributed by atoms with Gasteiger partial charge in [-0.1, -0.05) is 12.2 Å². The Morgan fingerprint density at radius 1 is 1.67 bits per heavy atom. The zero-order valence-corrected chi connectivity index (χ0v) is 8.30. The Bertz CT molecular complexity index is 332. The molecule has 0 saturated carbocycles. The maximum Gasteiger partial charge on any atom is 0.0883 e. The summed E-state index contributed by atoms with van der Waals surface area (Å²) in [6, 6.07) is 2.03. The maximum absolute atomic E-state index is 9.36. The fraction of sp³-hybridized carbons (Fsp3) is 0.500. The molecule has 0 heterocycles. The van der Waals surface area contributed by atoms with Crippen LogP contribution in [0, 0.1) is 17.2 Å². The lowest BCUT2D eigenvalue weighted by Gasteiger charge is -2.35. The van der Waals surface area contributed by atoms with E-state index < -0.39 is 24.2 Å². The number of hydrogen-bond donors (Lipinski definition) is 4. The first kappa shape index (κ1) is 11.7. The van der Waals surface area contributed by atoms with E-state index in [0.717, 1.165) is 0 Å². The van der Waals surface area contributed by atoms with Crippen molar-refractivity contribution in [1.29, 1.82) is 5.26 Å². The first-order chi connectivity index (χ1) is 7.04. The Morgan fingerprint density at radius 3 is 2.87 bits per heavy atom. The van der Waals surface area contributed by atoms with E-state index in [2.05, 4.69) is 0 Å². The molecule has 0 aromatic heterocycles. The van der Waals surface area contributed by atoms with Crippen molar-refractivity contribution in [3.05, 3.63) is 23.9 Å². The summed E-state index contributed by atoms with van der Waals surface area (Å²) in [5, 5.41) is 27.0. The molecule has 5 nitrogen and oxygen atoms in total. The van der Waals surface area contributed by atoms with E-state index in [1.54, 1.807) is 18.2 Å². The van der Waals surface area contributed by atoms with Gasteiger partial charge in [-0.3, -0.25) is 0 Å². The summed E-state index contributed by atoms with van der Waals surface area (Å²) in [6.07, 6.45) is 4.01. The molecule has 1 aliphatic rings. The number of nitrogens with two attached hydrogens (primary N) is 2. The minimum Gasteiger partial charge on any atom is -0.400 e. The van der Waals surface area contributed by atoms with Crippen LogP contribution < -0.4 is 11.5 Å². The van der Waals surface area contributed by atoms with Crippen LogP contribution in [-0.2, 0) is 0 Å². The summed E-state index contributed by atoms with van der Waals surface area (Å²) in [5.74, 6) is -0.580. The number of hydrogen-bond acceptors (Lipinski definition) is 5. The van der Waals surface area contributed by atoms with Crippen LogP contribution in [0.4, 0.5) is 0 Å². The highest BCUT2D eigenvalue weighted by Gasteiger charge is 2.39. The summed E-state index contributed by atoms with van der Waals surface area (Å²) >= 11 is 0. The molecule has 0 bridgehead atoms. The first-order valence-electron chi connectivity index (χ1n) is 4.66. The molecule has 0 spiro atoms. The van der Waals surface area contributed by atoms with E-state index in [-0.39, 0.29) is 6.42 Å². The molecule has 3 atom stereocenters. The minimum atomic E-state index is -1.09. The Balaban J connectivity index is 2.92. The second-order valence-electron chi connectivity index (χ2n) is 3.69. The molecule has 0 saturated heterocycles. The van der Waals surface area contributed by atoms with Gasteiger partial charge < -0.3 is 21.7 Å².